The Balaban J connectivity index is 0.00000261. The summed E-state index contributed by atoms with van der Waals surface area (Å²) in [6.07, 6.45) is 3.65. The van der Waals surface area contributed by atoms with Crippen LogP contribution in [0.5, 0.6) is 5.75 Å². The lowest BCUT2D eigenvalue weighted by Gasteiger charge is -2.15. The minimum Gasteiger partial charge on any atom is -0.494 e. The molecule has 3 rings (SSSR count). The summed E-state index contributed by atoms with van der Waals surface area (Å²) < 4.78 is 10.6. The second kappa shape index (κ2) is 10.6. The van der Waals surface area contributed by atoms with E-state index < -0.39 is 0 Å². The van der Waals surface area contributed by atoms with E-state index in [4.69, 9.17) is 15.2 Å². The smallest absolute Gasteiger partial charge is 0.310 e. The van der Waals surface area contributed by atoms with Gasteiger partial charge < -0.3 is 20.1 Å². The van der Waals surface area contributed by atoms with Crippen molar-refractivity contribution in [2.75, 3.05) is 33.4 Å². The van der Waals surface area contributed by atoms with Crippen LogP contribution in [-0.4, -0.2) is 49.2 Å². The standard InChI is InChI=1S/C19H25N3O3S.ClH/c1-24-19(23)15-7-9-22(13-15)8-2-10-25-16-5-3-14(4-6-16)18-21-12-17(11-20)26-18;/h3-6,12,15H,2,7-11,13,20H2,1H3;1H. The lowest BCUT2D eigenvalue weighted by molar-refractivity contribution is -0.144. The molecule has 0 radical (unpaired) electrons. The van der Waals surface area contributed by atoms with Gasteiger partial charge in [-0.2, -0.15) is 0 Å². The van der Waals surface area contributed by atoms with Crippen LogP contribution in [0.3, 0.4) is 0 Å². The molecular formula is C19H26ClN3O3S. The number of esters is 1. The van der Waals surface area contributed by atoms with Crippen molar-refractivity contribution < 1.29 is 14.3 Å². The van der Waals surface area contributed by atoms with Gasteiger partial charge in [-0.25, -0.2) is 4.98 Å². The molecule has 0 amide bonds. The molecule has 1 aromatic carbocycles. The normalized spacial score (nSPS) is 16.7. The van der Waals surface area contributed by atoms with Crippen molar-refractivity contribution in [2.45, 2.75) is 19.4 Å². The van der Waals surface area contributed by atoms with Crippen LogP contribution in [0.15, 0.2) is 30.5 Å². The highest BCUT2D eigenvalue weighted by Gasteiger charge is 2.28. The molecule has 2 N–H and O–H groups in total. The molecule has 1 atom stereocenters. The van der Waals surface area contributed by atoms with Gasteiger partial charge in [0.2, 0.25) is 0 Å². The number of carbonyl (C=O) groups is 1. The van der Waals surface area contributed by atoms with Crippen LogP contribution in [0, 0.1) is 5.92 Å². The van der Waals surface area contributed by atoms with Gasteiger partial charge in [0.1, 0.15) is 10.8 Å². The van der Waals surface area contributed by atoms with Gasteiger partial charge in [-0.15, -0.1) is 23.7 Å². The van der Waals surface area contributed by atoms with Crippen molar-refractivity contribution in [1.82, 2.24) is 9.88 Å². The van der Waals surface area contributed by atoms with Crippen molar-refractivity contribution in [2.24, 2.45) is 11.7 Å². The maximum Gasteiger partial charge on any atom is 0.310 e. The first-order valence-electron chi connectivity index (χ1n) is 8.88. The summed E-state index contributed by atoms with van der Waals surface area (Å²) in [6.45, 7) is 3.86. The van der Waals surface area contributed by atoms with E-state index in [0.29, 0.717) is 13.2 Å². The zero-order valence-corrected chi connectivity index (χ0v) is 17.1. The van der Waals surface area contributed by atoms with Gasteiger partial charge in [-0.1, -0.05) is 0 Å². The molecule has 0 saturated carbocycles. The average Bonchev–Trinajstić information content (AvgIpc) is 3.34. The SMILES string of the molecule is COC(=O)C1CCN(CCCOc2ccc(-c3ncc(CN)s3)cc2)C1.Cl. The van der Waals surface area contributed by atoms with Crippen LogP contribution in [-0.2, 0) is 16.1 Å². The van der Waals surface area contributed by atoms with E-state index in [1.165, 1.54) is 7.11 Å². The largest absolute Gasteiger partial charge is 0.494 e. The number of halogens is 1. The summed E-state index contributed by atoms with van der Waals surface area (Å²) >= 11 is 1.62. The maximum atomic E-state index is 11.5. The molecule has 148 valence electrons. The van der Waals surface area contributed by atoms with E-state index >= 15 is 0 Å². The number of likely N-dealkylation sites (tertiary alicyclic amines) is 1. The highest BCUT2D eigenvalue weighted by molar-refractivity contribution is 7.15. The summed E-state index contributed by atoms with van der Waals surface area (Å²) in [6, 6.07) is 8.00. The Morgan fingerprint density at radius 2 is 2.15 bits per heavy atom. The van der Waals surface area contributed by atoms with E-state index in [0.717, 1.165) is 53.7 Å². The van der Waals surface area contributed by atoms with E-state index in [2.05, 4.69) is 9.88 Å². The average molecular weight is 412 g/mol. The predicted molar refractivity (Wildman–Crippen MR) is 109 cm³/mol. The van der Waals surface area contributed by atoms with Crippen molar-refractivity contribution in [3.8, 4) is 16.3 Å². The number of hydrogen-bond donors (Lipinski definition) is 1. The van der Waals surface area contributed by atoms with Crippen LogP contribution in [0.4, 0.5) is 0 Å². The number of aromatic nitrogens is 1. The van der Waals surface area contributed by atoms with Gasteiger partial charge >= 0.3 is 5.97 Å². The summed E-state index contributed by atoms with van der Waals surface area (Å²) in [7, 11) is 1.45. The van der Waals surface area contributed by atoms with E-state index in [1.807, 2.05) is 30.5 Å². The Morgan fingerprint density at radius 3 is 2.81 bits per heavy atom. The van der Waals surface area contributed by atoms with Crippen molar-refractivity contribution in [3.05, 3.63) is 35.3 Å². The van der Waals surface area contributed by atoms with Crippen molar-refractivity contribution >= 4 is 29.7 Å². The van der Waals surface area contributed by atoms with E-state index in [1.54, 1.807) is 11.3 Å². The summed E-state index contributed by atoms with van der Waals surface area (Å²) in [5, 5.41) is 0.978. The molecule has 0 bridgehead atoms. The fourth-order valence-electron chi connectivity index (χ4n) is 3.10. The van der Waals surface area contributed by atoms with Gasteiger partial charge in [0.15, 0.2) is 0 Å². The minimum atomic E-state index is -0.0948. The highest BCUT2D eigenvalue weighted by atomic mass is 35.5. The first kappa shape index (κ1) is 21.6. The van der Waals surface area contributed by atoms with E-state index in [9.17, 15) is 4.79 Å². The number of methoxy groups -OCH3 is 1. The molecule has 8 heteroatoms. The Kier molecular flexibility index (Phi) is 8.50. The van der Waals surface area contributed by atoms with Gasteiger partial charge in [-0.3, -0.25) is 4.79 Å². The van der Waals surface area contributed by atoms with Crippen LogP contribution in [0.25, 0.3) is 10.6 Å². The fraction of sp³-hybridized carbons (Fsp3) is 0.474. The zero-order chi connectivity index (χ0) is 18.4. The molecule has 1 aromatic heterocycles. The molecular weight excluding hydrogens is 386 g/mol. The molecule has 1 aliphatic rings. The van der Waals surface area contributed by atoms with Crippen LogP contribution in [0.1, 0.15) is 17.7 Å². The zero-order valence-electron chi connectivity index (χ0n) is 15.4. The molecule has 0 spiro atoms. The van der Waals surface area contributed by atoms with Gasteiger partial charge in [-0.05, 0) is 43.7 Å². The minimum absolute atomic E-state index is 0. The number of rotatable bonds is 8. The Labute approximate surface area is 170 Å². The van der Waals surface area contributed by atoms with Crippen molar-refractivity contribution in [3.63, 3.8) is 0 Å². The molecule has 1 unspecified atom stereocenters. The van der Waals surface area contributed by atoms with Crippen molar-refractivity contribution in [1.29, 1.82) is 0 Å². The molecule has 0 aliphatic carbocycles. The first-order valence-corrected chi connectivity index (χ1v) is 9.69. The molecule has 2 aromatic rings. The lowest BCUT2D eigenvalue weighted by atomic mass is 10.1. The highest BCUT2D eigenvalue weighted by Crippen LogP contribution is 2.26. The topological polar surface area (TPSA) is 77.7 Å². The number of hydrogen-bond acceptors (Lipinski definition) is 7. The molecule has 6 nitrogen and oxygen atoms in total. The Hall–Kier alpha value is -1.67. The lowest BCUT2D eigenvalue weighted by Crippen LogP contribution is -2.25. The third kappa shape index (κ3) is 5.90. The number of ether oxygens (including phenoxy) is 2. The van der Waals surface area contributed by atoms with Gasteiger partial charge in [0, 0.05) is 36.3 Å². The second-order valence-electron chi connectivity index (χ2n) is 6.37. The first-order chi connectivity index (χ1) is 12.7. The molecule has 2 heterocycles. The summed E-state index contributed by atoms with van der Waals surface area (Å²) in [5.74, 6) is 0.792. The summed E-state index contributed by atoms with van der Waals surface area (Å²) in [4.78, 5) is 19.3. The number of thiazole rings is 1. The van der Waals surface area contributed by atoms with Gasteiger partial charge in [0.05, 0.1) is 19.6 Å². The predicted octanol–water partition coefficient (Wildman–Crippen LogP) is 2.95. The monoisotopic (exact) mass is 411 g/mol. The Morgan fingerprint density at radius 1 is 1.37 bits per heavy atom. The van der Waals surface area contributed by atoms with E-state index in [-0.39, 0.29) is 24.3 Å². The van der Waals surface area contributed by atoms with Crippen LogP contribution in [0.2, 0.25) is 0 Å². The molecule has 27 heavy (non-hydrogen) atoms. The number of benzene rings is 1. The third-order valence-electron chi connectivity index (χ3n) is 4.55. The maximum absolute atomic E-state index is 11.5. The second-order valence-corrected chi connectivity index (χ2v) is 7.49. The number of nitrogens with two attached hydrogens (primary N) is 1. The molecule has 1 fully saturated rings. The quantitative estimate of drug-likeness (QED) is 0.531. The molecule has 1 aliphatic heterocycles. The molecule has 1 saturated heterocycles. The number of nitrogens with zero attached hydrogens (tertiary/aromatic N) is 2. The summed E-state index contributed by atoms with van der Waals surface area (Å²) in [5.41, 5.74) is 6.71. The Bertz CT molecular complexity index is 723. The fourth-order valence-corrected chi connectivity index (χ4v) is 3.90. The van der Waals surface area contributed by atoms with Gasteiger partial charge in [0.25, 0.3) is 0 Å². The van der Waals surface area contributed by atoms with Crippen LogP contribution >= 0.6 is 23.7 Å². The van der Waals surface area contributed by atoms with Crippen LogP contribution < -0.4 is 10.5 Å². The number of carbonyl (C=O) groups excluding carboxylic acids is 1. The third-order valence-corrected chi connectivity index (χ3v) is 5.62.